The van der Waals surface area contributed by atoms with Gasteiger partial charge < -0.3 is 24.6 Å². The van der Waals surface area contributed by atoms with Crippen LogP contribution >= 0.6 is 12.2 Å². The summed E-state index contributed by atoms with van der Waals surface area (Å²) < 4.78 is 10.9. The number of carbonyl (C=O) groups excluding carboxylic acids is 1. The Labute approximate surface area is 178 Å². The summed E-state index contributed by atoms with van der Waals surface area (Å²) in [7, 11) is 1.66. The molecule has 2 aliphatic rings. The SMILES string of the molecule is COc1ccccc1NC(=S)N(CCN1CCOCC1)C1CCN(C(C)=O)CC1. The first-order valence-corrected chi connectivity index (χ1v) is 10.8. The van der Waals surface area contributed by atoms with Crippen molar-refractivity contribution in [2.45, 2.75) is 25.8 Å². The lowest BCUT2D eigenvalue weighted by molar-refractivity contribution is -0.130. The Kier molecular flexibility index (Phi) is 8.09. The Morgan fingerprint density at radius 1 is 1.24 bits per heavy atom. The number of thiocarbonyl (C=S) groups is 1. The minimum Gasteiger partial charge on any atom is -0.495 e. The smallest absolute Gasteiger partial charge is 0.219 e. The second-order valence-electron chi connectivity index (χ2n) is 7.52. The van der Waals surface area contributed by atoms with E-state index in [0.29, 0.717) is 11.2 Å². The van der Waals surface area contributed by atoms with Gasteiger partial charge in [0.15, 0.2) is 5.11 Å². The third kappa shape index (κ3) is 6.04. The van der Waals surface area contributed by atoms with Gasteiger partial charge in [-0.15, -0.1) is 0 Å². The molecule has 0 bridgehead atoms. The van der Waals surface area contributed by atoms with E-state index in [4.69, 9.17) is 21.7 Å². The van der Waals surface area contributed by atoms with Crippen molar-refractivity contribution >= 4 is 28.9 Å². The van der Waals surface area contributed by atoms with Crippen LogP contribution in [-0.4, -0.2) is 91.4 Å². The third-order valence-corrected chi connectivity index (χ3v) is 6.06. The molecule has 2 aliphatic heterocycles. The number of hydrogen-bond donors (Lipinski definition) is 1. The summed E-state index contributed by atoms with van der Waals surface area (Å²) in [5, 5.41) is 4.10. The first kappa shape index (κ1) is 21.8. The van der Waals surface area contributed by atoms with Crippen molar-refractivity contribution in [2.75, 3.05) is 64.9 Å². The second kappa shape index (κ2) is 10.8. The molecular weight excluding hydrogens is 388 g/mol. The Morgan fingerprint density at radius 3 is 2.59 bits per heavy atom. The molecule has 0 unspecified atom stereocenters. The van der Waals surface area contributed by atoms with Gasteiger partial charge in [-0.05, 0) is 37.2 Å². The monoisotopic (exact) mass is 420 g/mol. The standard InChI is InChI=1S/C21H32N4O3S/c1-17(26)24-9-7-18(8-10-24)25(12-11-23-13-15-28-16-14-23)21(29)22-19-5-3-4-6-20(19)27-2/h3-6,18H,7-16H2,1-2H3,(H,22,29). The van der Waals surface area contributed by atoms with Crippen LogP contribution in [0.4, 0.5) is 5.69 Å². The molecule has 1 N–H and O–H groups in total. The fraction of sp³-hybridized carbons (Fsp3) is 0.619. The molecule has 0 saturated carbocycles. The lowest BCUT2D eigenvalue weighted by Crippen LogP contribution is -2.52. The highest BCUT2D eigenvalue weighted by Crippen LogP contribution is 2.25. The summed E-state index contributed by atoms with van der Waals surface area (Å²) in [6.07, 6.45) is 1.85. The van der Waals surface area contributed by atoms with Gasteiger partial charge in [0.05, 0.1) is 26.0 Å². The van der Waals surface area contributed by atoms with Gasteiger partial charge in [0.2, 0.25) is 5.91 Å². The average Bonchev–Trinajstić information content (AvgIpc) is 2.75. The number of hydrogen-bond acceptors (Lipinski definition) is 5. The van der Waals surface area contributed by atoms with Gasteiger partial charge in [0, 0.05) is 52.2 Å². The zero-order chi connectivity index (χ0) is 20.6. The molecule has 0 radical (unpaired) electrons. The van der Waals surface area contributed by atoms with Crippen LogP contribution in [0.1, 0.15) is 19.8 Å². The molecule has 2 fully saturated rings. The minimum absolute atomic E-state index is 0.151. The number of ether oxygens (including phenoxy) is 2. The van der Waals surface area contributed by atoms with Crippen molar-refractivity contribution in [3.8, 4) is 5.75 Å². The fourth-order valence-electron chi connectivity index (χ4n) is 3.95. The molecule has 160 valence electrons. The summed E-state index contributed by atoms with van der Waals surface area (Å²) in [4.78, 5) is 18.3. The van der Waals surface area contributed by atoms with Crippen LogP contribution in [0.3, 0.4) is 0 Å². The summed E-state index contributed by atoms with van der Waals surface area (Å²) in [6, 6.07) is 8.14. The van der Waals surface area contributed by atoms with Crippen molar-refractivity contribution < 1.29 is 14.3 Å². The quantitative estimate of drug-likeness (QED) is 0.707. The summed E-state index contributed by atoms with van der Waals surface area (Å²) in [5.41, 5.74) is 0.873. The molecule has 0 atom stereocenters. The van der Waals surface area contributed by atoms with Crippen LogP contribution in [0.5, 0.6) is 5.75 Å². The van der Waals surface area contributed by atoms with E-state index in [9.17, 15) is 4.79 Å². The zero-order valence-corrected chi connectivity index (χ0v) is 18.2. The van der Waals surface area contributed by atoms with E-state index in [1.807, 2.05) is 29.2 Å². The van der Waals surface area contributed by atoms with Crippen LogP contribution in [-0.2, 0) is 9.53 Å². The molecule has 0 aromatic heterocycles. The van der Waals surface area contributed by atoms with E-state index in [2.05, 4.69) is 15.1 Å². The second-order valence-corrected chi connectivity index (χ2v) is 7.90. The normalized spacial score (nSPS) is 18.3. The minimum atomic E-state index is 0.151. The predicted octanol–water partition coefficient (Wildman–Crippen LogP) is 2.04. The maximum absolute atomic E-state index is 11.7. The first-order valence-electron chi connectivity index (χ1n) is 10.3. The van der Waals surface area contributed by atoms with Crippen LogP contribution in [0, 0.1) is 0 Å². The Hall–Kier alpha value is -1.90. The maximum atomic E-state index is 11.7. The van der Waals surface area contributed by atoms with Crippen LogP contribution in [0.15, 0.2) is 24.3 Å². The highest BCUT2D eigenvalue weighted by atomic mass is 32.1. The number of likely N-dealkylation sites (tertiary alicyclic amines) is 1. The molecular formula is C21H32N4O3S. The number of benzene rings is 1. The number of nitrogens with one attached hydrogen (secondary N) is 1. The number of nitrogens with zero attached hydrogens (tertiary/aromatic N) is 3. The van der Waals surface area contributed by atoms with Crippen LogP contribution < -0.4 is 10.1 Å². The lowest BCUT2D eigenvalue weighted by Gasteiger charge is -2.40. The first-order chi connectivity index (χ1) is 14.1. The highest BCUT2D eigenvalue weighted by Gasteiger charge is 2.28. The van der Waals surface area contributed by atoms with E-state index in [-0.39, 0.29) is 5.91 Å². The van der Waals surface area contributed by atoms with E-state index >= 15 is 0 Å². The Balaban J connectivity index is 1.67. The average molecular weight is 421 g/mol. The molecule has 0 aliphatic carbocycles. The van der Waals surface area contributed by atoms with Gasteiger partial charge >= 0.3 is 0 Å². The molecule has 7 nitrogen and oxygen atoms in total. The summed E-state index contributed by atoms with van der Waals surface area (Å²) in [6.45, 7) is 8.52. The molecule has 29 heavy (non-hydrogen) atoms. The van der Waals surface area contributed by atoms with Gasteiger partial charge in [-0.1, -0.05) is 12.1 Å². The van der Waals surface area contributed by atoms with Gasteiger partial charge in [-0.25, -0.2) is 0 Å². The molecule has 8 heteroatoms. The van der Waals surface area contributed by atoms with Crippen molar-refractivity contribution in [3.63, 3.8) is 0 Å². The molecule has 1 amide bonds. The zero-order valence-electron chi connectivity index (χ0n) is 17.4. The van der Waals surface area contributed by atoms with Crippen molar-refractivity contribution in [3.05, 3.63) is 24.3 Å². The topological polar surface area (TPSA) is 57.3 Å². The molecule has 2 heterocycles. The third-order valence-electron chi connectivity index (χ3n) is 5.72. The number of para-hydroxylation sites is 2. The molecule has 2 saturated heterocycles. The Morgan fingerprint density at radius 2 is 1.93 bits per heavy atom. The van der Waals surface area contributed by atoms with E-state index in [0.717, 1.165) is 76.8 Å². The molecule has 0 spiro atoms. The summed E-state index contributed by atoms with van der Waals surface area (Å²) in [5.74, 6) is 0.924. The fourth-order valence-corrected chi connectivity index (χ4v) is 4.30. The van der Waals surface area contributed by atoms with Crippen LogP contribution in [0.25, 0.3) is 0 Å². The number of amides is 1. The largest absolute Gasteiger partial charge is 0.495 e. The van der Waals surface area contributed by atoms with Crippen molar-refractivity contribution in [1.82, 2.24) is 14.7 Å². The van der Waals surface area contributed by atoms with Gasteiger partial charge in [0.1, 0.15) is 5.75 Å². The number of rotatable bonds is 6. The van der Waals surface area contributed by atoms with Gasteiger partial charge in [-0.2, -0.15) is 0 Å². The molecule has 1 aromatic rings. The number of carbonyl (C=O) groups is 1. The molecule has 3 rings (SSSR count). The van der Waals surface area contributed by atoms with Gasteiger partial charge in [-0.3, -0.25) is 9.69 Å². The number of methoxy groups -OCH3 is 1. The maximum Gasteiger partial charge on any atom is 0.219 e. The lowest BCUT2D eigenvalue weighted by atomic mass is 10.0. The van der Waals surface area contributed by atoms with E-state index < -0.39 is 0 Å². The number of anilines is 1. The predicted molar refractivity (Wildman–Crippen MR) is 118 cm³/mol. The van der Waals surface area contributed by atoms with Crippen molar-refractivity contribution in [1.29, 1.82) is 0 Å². The number of morpholine rings is 1. The van der Waals surface area contributed by atoms with Crippen LogP contribution in [0.2, 0.25) is 0 Å². The van der Waals surface area contributed by atoms with E-state index in [1.165, 1.54) is 0 Å². The molecule has 1 aromatic carbocycles. The number of piperidine rings is 1. The van der Waals surface area contributed by atoms with Gasteiger partial charge in [0.25, 0.3) is 0 Å². The summed E-state index contributed by atoms with van der Waals surface area (Å²) >= 11 is 5.83. The van der Waals surface area contributed by atoms with E-state index in [1.54, 1.807) is 14.0 Å². The Bertz CT molecular complexity index is 688. The van der Waals surface area contributed by atoms with Crippen molar-refractivity contribution in [2.24, 2.45) is 0 Å². The highest BCUT2D eigenvalue weighted by molar-refractivity contribution is 7.80.